The maximum Gasteiger partial charge on any atom is 0.0549 e. The van der Waals surface area contributed by atoms with Gasteiger partial charge >= 0.3 is 0 Å². The predicted octanol–water partition coefficient (Wildman–Crippen LogP) is 2.07. The maximum absolute atomic E-state index is 5.46. The number of hydrogen-bond acceptors (Lipinski definition) is 1. The Kier molecular flexibility index (Phi) is 2.12. The van der Waals surface area contributed by atoms with Crippen molar-refractivity contribution in [2.45, 2.75) is 33.3 Å². The Bertz CT molecular complexity index is 90.6. The van der Waals surface area contributed by atoms with Crippen molar-refractivity contribution in [2.75, 3.05) is 6.61 Å². The fourth-order valence-corrected chi connectivity index (χ4v) is 1.30. The molecule has 0 bridgehead atoms. The van der Waals surface area contributed by atoms with Gasteiger partial charge in [-0.25, -0.2) is 0 Å². The Balaban J connectivity index is 2.35. The van der Waals surface area contributed by atoms with E-state index in [1.807, 2.05) is 0 Å². The van der Waals surface area contributed by atoms with Crippen molar-refractivity contribution in [3.05, 3.63) is 0 Å². The van der Waals surface area contributed by atoms with E-state index in [0.29, 0.717) is 6.10 Å². The van der Waals surface area contributed by atoms with Crippen LogP contribution in [0.2, 0.25) is 0 Å². The SMILES string of the molecule is CC1CC(C)C(C)CO1. The molecule has 54 valence electrons. The molecule has 0 aromatic carbocycles. The van der Waals surface area contributed by atoms with Crippen LogP contribution in [0.25, 0.3) is 0 Å². The van der Waals surface area contributed by atoms with Gasteiger partial charge in [0.15, 0.2) is 0 Å². The second-order valence-electron chi connectivity index (χ2n) is 3.33. The Labute approximate surface area is 57.4 Å². The lowest BCUT2D eigenvalue weighted by Gasteiger charge is -2.30. The molecule has 0 saturated carbocycles. The van der Waals surface area contributed by atoms with Gasteiger partial charge < -0.3 is 4.74 Å². The second kappa shape index (κ2) is 2.70. The minimum atomic E-state index is 0.496. The summed E-state index contributed by atoms with van der Waals surface area (Å²) in [5, 5.41) is 0. The lowest BCUT2D eigenvalue weighted by Crippen LogP contribution is -2.28. The highest BCUT2D eigenvalue weighted by molar-refractivity contribution is 4.70. The standard InChI is InChI=1S/C8H16O/c1-6-4-8(3)9-5-7(6)2/h6-8H,4-5H2,1-3H3. The zero-order valence-corrected chi connectivity index (χ0v) is 6.55. The average Bonchev–Trinajstić information content (AvgIpc) is 1.80. The van der Waals surface area contributed by atoms with Crippen LogP contribution in [0.1, 0.15) is 27.2 Å². The first-order valence-electron chi connectivity index (χ1n) is 3.81. The van der Waals surface area contributed by atoms with Crippen LogP contribution >= 0.6 is 0 Å². The van der Waals surface area contributed by atoms with E-state index in [1.54, 1.807) is 0 Å². The molecule has 1 saturated heterocycles. The lowest BCUT2D eigenvalue weighted by atomic mass is 9.89. The van der Waals surface area contributed by atoms with Gasteiger partial charge in [-0.15, -0.1) is 0 Å². The molecule has 0 radical (unpaired) electrons. The molecule has 1 heteroatoms. The van der Waals surface area contributed by atoms with Crippen LogP contribution in [-0.2, 0) is 4.74 Å². The Morgan fingerprint density at radius 2 is 1.78 bits per heavy atom. The molecule has 1 nitrogen and oxygen atoms in total. The van der Waals surface area contributed by atoms with Crippen LogP contribution in [0.3, 0.4) is 0 Å². The highest BCUT2D eigenvalue weighted by Crippen LogP contribution is 2.23. The molecule has 1 aliphatic rings. The fourth-order valence-electron chi connectivity index (χ4n) is 1.30. The van der Waals surface area contributed by atoms with Crippen molar-refractivity contribution in [3.8, 4) is 0 Å². The molecular formula is C8H16O. The Morgan fingerprint density at radius 1 is 1.11 bits per heavy atom. The van der Waals surface area contributed by atoms with Crippen LogP contribution in [0, 0.1) is 11.8 Å². The molecule has 0 aliphatic carbocycles. The van der Waals surface area contributed by atoms with Gasteiger partial charge in [0.2, 0.25) is 0 Å². The first-order valence-corrected chi connectivity index (χ1v) is 3.81. The molecule has 1 aliphatic heterocycles. The van der Waals surface area contributed by atoms with E-state index in [2.05, 4.69) is 20.8 Å². The van der Waals surface area contributed by atoms with Crippen molar-refractivity contribution in [1.29, 1.82) is 0 Å². The van der Waals surface area contributed by atoms with E-state index in [-0.39, 0.29) is 0 Å². The summed E-state index contributed by atoms with van der Waals surface area (Å²) in [7, 11) is 0. The summed E-state index contributed by atoms with van der Waals surface area (Å²) < 4.78 is 5.46. The predicted molar refractivity (Wildman–Crippen MR) is 38.4 cm³/mol. The van der Waals surface area contributed by atoms with Crippen LogP contribution in [0.15, 0.2) is 0 Å². The van der Waals surface area contributed by atoms with E-state index < -0.39 is 0 Å². The highest BCUT2D eigenvalue weighted by Gasteiger charge is 2.21. The zero-order valence-electron chi connectivity index (χ0n) is 6.55. The smallest absolute Gasteiger partial charge is 0.0549 e. The molecule has 9 heavy (non-hydrogen) atoms. The monoisotopic (exact) mass is 128 g/mol. The molecule has 3 unspecified atom stereocenters. The molecule has 3 atom stereocenters. The first-order chi connectivity index (χ1) is 4.20. The lowest BCUT2D eigenvalue weighted by molar-refractivity contribution is -0.0263. The Hall–Kier alpha value is -0.0400. The van der Waals surface area contributed by atoms with Gasteiger partial charge in [-0.05, 0) is 25.2 Å². The summed E-state index contributed by atoms with van der Waals surface area (Å²) in [6.45, 7) is 7.69. The van der Waals surface area contributed by atoms with E-state index in [0.717, 1.165) is 18.4 Å². The molecule has 1 fully saturated rings. The molecular weight excluding hydrogens is 112 g/mol. The normalized spacial score (nSPS) is 45.0. The van der Waals surface area contributed by atoms with Crippen molar-refractivity contribution < 1.29 is 4.74 Å². The average molecular weight is 128 g/mol. The van der Waals surface area contributed by atoms with Gasteiger partial charge in [0.05, 0.1) is 6.10 Å². The van der Waals surface area contributed by atoms with Crippen molar-refractivity contribution in [3.63, 3.8) is 0 Å². The van der Waals surface area contributed by atoms with Crippen LogP contribution < -0.4 is 0 Å². The fraction of sp³-hybridized carbons (Fsp3) is 1.00. The van der Waals surface area contributed by atoms with E-state index in [4.69, 9.17) is 4.74 Å². The van der Waals surface area contributed by atoms with Crippen LogP contribution in [0.4, 0.5) is 0 Å². The van der Waals surface area contributed by atoms with Crippen molar-refractivity contribution in [2.24, 2.45) is 11.8 Å². The molecule has 1 rings (SSSR count). The topological polar surface area (TPSA) is 9.23 Å². The molecule has 0 amide bonds. The summed E-state index contributed by atoms with van der Waals surface area (Å²) in [5.41, 5.74) is 0. The second-order valence-corrected chi connectivity index (χ2v) is 3.33. The minimum Gasteiger partial charge on any atom is -0.378 e. The molecule has 0 N–H and O–H groups in total. The number of hydrogen-bond donors (Lipinski definition) is 0. The summed E-state index contributed by atoms with van der Waals surface area (Å²) in [6, 6.07) is 0. The minimum absolute atomic E-state index is 0.496. The third-order valence-corrected chi connectivity index (χ3v) is 2.32. The zero-order chi connectivity index (χ0) is 6.85. The first kappa shape index (κ1) is 7.07. The summed E-state index contributed by atoms with van der Waals surface area (Å²) in [6.07, 6.45) is 1.73. The van der Waals surface area contributed by atoms with Gasteiger partial charge in [-0.3, -0.25) is 0 Å². The van der Waals surface area contributed by atoms with Crippen LogP contribution in [-0.4, -0.2) is 12.7 Å². The molecule has 0 spiro atoms. The summed E-state index contributed by atoms with van der Waals surface area (Å²) in [4.78, 5) is 0. The third kappa shape index (κ3) is 1.68. The van der Waals surface area contributed by atoms with Crippen molar-refractivity contribution in [1.82, 2.24) is 0 Å². The highest BCUT2D eigenvalue weighted by atomic mass is 16.5. The Morgan fingerprint density at radius 3 is 2.22 bits per heavy atom. The van der Waals surface area contributed by atoms with Gasteiger partial charge in [-0.2, -0.15) is 0 Å². The van der Waals surface area contributed by atoms with Gasteiger partial charge in [0, 0.05) is 6.61 Å². The van der Waals surface area contributed by atoms with E-state index >= 15 is 0 Å². The molecule has 0 aromatic heterocycles. The summed E-state index contributed by atoms with van der Waals surface area (Å²) >= 11 is 0. The summed E-state index contributed by atoms with van der Waals surface area (Å²) in [5.74, 6) is 1.62. The van der Waals surface area contributed by atoms with Gasteiger partial charge in [0.1, 0.15) is 0 Å². The largest absolute Gasteiger partial charge is 0.378 e. The number of ether oxygens (including phenoxy) is 1. The van der Waals surface area contributed by atoms with E-state index in [9.17, 15) is 0 Å². The molecule has 1 heterocycles. The quantitative estimate of drug-likeness (QED) is 0.485. The molecule has 0 aromatic rings. The number of rotatable bonds is 0. The van der Waals surface area contributed by atoms with Gasteiger partial charge in [-0.1, -0.05) is 13.8 Å². The van der Waals surface area contributed by atoms with Crippen LogP contribution in [0.5, 0.6) is 0 Å². The van der Waals surface area contributed by atoms with Crippen molar-refractivity contribution >= 4 is 0 Å². The van der Waals surface area contributed by atoms with Gasteiger partial charge in [0.25, 0.3) is 0 Å². The van der Waals surface area contributed by atoms with E-state index in [1.165, 1.54) is 6.42 Å². The maximum atomic E-state index is 5.46. The third-order valence-electron chi connectivity index (χ3n) is 2.32.